The molecule has 12 heteroatoms. The minimum Gasteiger partial charge on any atom is -0.497 e. The van der Waals surface area contributed by atoms with Crippen molar-refractivity contribution >= 4 is 34.2 Å². The van der Waals surface area contributed by atoms with Crippen LogP contribution < -0.4 is 15.5 Å². The third-order valence-electron chi connectivity index (χ3n) is 5.29. The van der Waals surface area contributed by atoms with Gasteiger partial charge in [-0.25, -0.2) is 13.9 Å². The summed E-state index contributed by atoms with van der Waals surface area (Å²) < 4.78 is 33.5. The molecule has 0 radical (unpaired) electrons. The first-order valence-electron chi connectivity index (χ1n) is 11.2. The van der Waals surface area contributed by atoms with Gasteiger partial charge in [0.1, 0.15) is 11.8 Å². The molecule has 0 unspecified atom stereocenters. The van der Waals surface area contributed by atoms with E-state index >= 15 is 0 Å². The molecular formula is C24H35ClN4O6S. The van der Waals surface area contributed by atoms with Gasteiger partial charge in [0.05, 0.1) is 18.6 Å². The van der Waals surface area contributed by atoms with E-state index in [9.17, 15) is 23.2 Å². The van der Waals surface area contributed by atoms with Crippen molar-refractivity contribution in [1.29, 1.82) is 0 Å². The molecule has 0 spiro atoms. The molecule has 2 rings (SSSR count). The average molecular weight is 543 g/mol. The van der Waals surface area contributed by atoms with Gasteiger partial charge in [0, 0.05) is 13.1 Å². The van der Waals surface area contributed by atoms with Gasteiger partial charge in [-0.05, 0) is 63.2 Å². The molecule has 0 saturated carbocycles. The lowest BCUT2D eigenvalue weighted by Crippen LogP contribution is -2.48. The Morgan fingerprint density at radius 1 is 1.03 bits per heavy atom. The van der Waals surface area contributed by atoms with Crippen molar-refractivity contribution in [2.75, 3.05) is 34.3 Å². The summed E-state index contributed by atoms with van der Waals surface area (Å²) in [5.74, 6) is -0.443. The summed E-state index contributed by atoms with van der Waals surface area (Å²) in [4.78, 5) is 26.2. The van der Waals surface area contributed by atoms with Crippen LogP contribution in [0.25, 0.3) is 0 Å². The maximum atomic E-state index is 13.6. The van der Waals surface area contributed by atoms with Gasteiger partial charge in [0.2, 0.25) is 15.9 Å². The number of rotatable bonds is 14. The molecule has 1 atom stereocenters. The van der Waals surface area contributed by atoms with E-state index < -0.39 is 22.0 Å². The van der Waals surface area contributed by atoms with Gasteiger partial charge < -0.3 is 15.0 Å². The van der Waals surface area contributed by atoms with E-state index in [2.05, 4.69) is 5.32 Å². The number of amides is 2. The van der Waals surface area contributed by atoms with Gasteiger partial charge in [-0.2, -0.15) is 4.31 Å². The largest absolute Gasteiger partial charge is 0.497 e. The Morgan fingerprint density at radius 2 is 1.67 bits per heavy atom. The lowest BCUT2D eigenvalue weighted by molar-refractivity contribution is -0.133. The minimum atomic E-state index is -4.12. The molecule has 0 saturated heterocycles. The van der Waals surface area contributed by atoms with Crippen molar-refractivity contribution in [1.82, 2.24) is 20.0 Å². The van der Waals surface area contributed by atoms with Crippen LogP contribution in [0.2, 0.25) is 0 Å². The molecule has 2 aromatic rings. The third kappa shape index (κ3) is 9.40. The van der Waals surface area contributed by atoms with Crippen LogP contribution in [0.15, 0.2) is 59.5 Å². The zero-order valence-electron chi connectivity index (χ0n) is 20.7. The molecule has 2 aromatic carbocycles. The normalized spacial score (nSPS) is 12.1. The van der Waals surface area contributed by atoms with Gasteiger partial charge >= 0.3 is 0 Å². The second-order valence-electron chi connectivity index (χ2n) is 8.29. The molecule has 10 nitrogen and oxygen atoms in total. The summed E-state index contributed by atoms with van der Waals surface area (Å²) in [5.41, 5.74) is 2.30. The zero-order chi connectivity index (χ0) is 25.8. The SMILES string of the molecule is COc1ccc(S(=O)(=O)N(Cc2ccccc2)[C@H](CCCCNC(=O)CN(C)C)C(=O)NO)cc1.Cl. The summed E-state index contributed by atoms with van der Waals surface area (Å²) in [6.45, 7) is 0.595. The Kier molecular flexibility index (Phi) is 13.4. The van der Waals surface area contributed by atoms with E-state index in [0.717, 1.165) is 4.31 Å². The molecule has 0 aliphatic carbocycles. The number of hydrogen-bond acceptors (Lipinski definition) is 7. The second kappa shape index (κ2) is 15.4. The molecule has 0 aliphatic rings. The number of sulfonamides is 1. The zero-order valence-corrected chi connectivity index (χ0v) is 22.3. The van der Waals surface area contributed by atoms with Gasteiger partial charge in [-0.1, -0.05) is 30.3 Å². The number of carbonyl (C=O) groups is 2. The summed E-state index contributed by atoms with van der Waals surface area (Å²) in [5, 5.41) is 12.2. The Morgan fingerprint density at radius 3 is 2.22 bits per heavy atom. The molecule has 0 heterocycles. The number of hydrogen-bond donors (Lipinski definition) is 3. The summed E-state index contributed by atoms with van der Waals surface area (Å²) >= 11 is 0. The topological polar surface area (TPSA) is 128 Å². The van der Waals surface area contributed by atoms with E-state index in [4.69, 9.17) is 4.74 Å². The lowest BCUT2D eigenvalue weighted by atomic mass is 10.1. The number of unbranched alkanes of at least 4 members (excludes halogenated alkanes) is 1. The van der Waals surface area contributed by atoms with Gasteiger partial charge in [0.15, 0.2) is 0 Å². The highest BCUT2D eigenvalue weighted by atomic mass is 35.5. The van der Waals surface area contributed by atoms with Crippen LogP contribution in [0.4, 0.5) is 0 Å². The van der Waals surface area contributed by atoms with Crippen molar-refractivity contribution < 1.29 is 28.0 Å². The van der Waals surface area contributed by atoms with Crippen molar-refractivity contribution in [2.45, 2.75) is 36.7 Å². The maximum Gasteiger partial charge on any atom is 0.261 e. The summed E-state index contributed by atoms with van der Waals surface area (Å²) in [6.07, 6.45) is 1.14. The number of hydroxylamine groups is 1. The number of benzene rings is 2. The van der Waals surface area contributed by atoms with Crippen molar-refractivity contribution in [3.8, 4) is 5.75 Å². The van der Waals surface area contributed by atoms with E-state index in [-0.39, 0.29) is 42.7 Å². The molecule has 0 aliphatic heterocycles. The number of likely N-dealkylation sites (N-methyl/N-ethyl adjacent to an activating group) is 1. The molecule has 3 N–H and O–H groups in total. The van der Waals surface area contributed by atoms with Crippen molar-refractivity contribution in [2.24, 2.45) is 0 Å². The predicted octanol–water partition coefficient (Wildman–Crippen LogP) is 2.03. The lowest BCUT2D eigenvalue weighted by Gasteiger charge is -2.29. The Bertz CT molecular complexity index is 1050. The first kappa shape index (κ1) is 31.3. The third-order valence-corrected chi connectivity index (χ3v) is 7.16. The van der Waals surface area contributed by atoms with Crippen LogP contribution in [-0.2, 0) is 26.2 Å². The molecule has 0 aromatic heterocycles. The van der Waals surface area contributed by atoms with Crippen molar-refractivity contribution in [3.05, 3.63) is 60.2 Å². The average Bonchev–Trinajstić information content (AvgIpc) is 2.84. The fraction of sp³-hybridized carbons (Fsp3) is 0.417. The minimum absolute atomic E-state index is 0. The highest BCUT2D eigenvalue weighted by molar-refractivity contribution is 7.89. The van der Waals surface area contributed by atoms with E-state index in [1.165, 1.54) is 31.4 Å². The van der Waals surface area contributed by atoms with E-state index in [1.807, 2.05) is 6.07 Å². The number of nitrogens with one attached hydrogen (secondary N) is 2. The molecule has 2 amide bonds. The first-order valence-corrected chi connectivity index (χ1v) is 12.7. The summed E-state index contributed by atoms with van der Waals surface area (Å²) in [7, 11) is 0.952. The standard InChI is InChI=1S/C24H34N4O6S.ClH/c1-27(2)18-23(29)25-16-8-7-11-22(24(30)26-31)28(17-19-9-5-4-6-10-19)35(32,33)21-14-12-20(34-3)13-15-21;/h4-6,9-10,12-15,22,31H,7-8,11,16-18H2,1-3H3,(H,25,29)(H,26,30);1H/t22-;/m1./s1. The van der Waals surface area contributed by atoms with Gasteiger partial charge in [-0.3, -0.25) is 14.8 Å². The Balaban J connectivity index is 0.00000648. The van der Waals surface area contributed by atoms with Crippen LogP contribution in [0.5, 0.6) is 5.75 Å². The highest BCUT2D eigenvalue weighted by Crippen LogP contribution is 2.25. The van der Waals surface area contributed by atoms with E-state index in [1.54, 1.807) is 48.7 Å². The fourth-order valence-electron chi connectivity index (χ4n) is 3.52. The number of halogens is 1. The monoisotopic (exact) mass is 542 g/mol. The number of carbonyl (C=O) groups excluding carboxylic acids is 2. The Labute approximate surface area is 219 Å². The number of methoxy groups -OCH3 is 1. The molecule has 0 bridgehead atoms. The fourth-order valence-corrected chi connectivity index (χ4v) is 5.13. The molecule has 0 fully saturated rings. The molecule has 36 heavy (non-hydrogen) atoms. The number of ether oxygens (including phenoxy) is 1. The van der Waals surface area contributed by atoms with Crippen LogP contribution >= 0.6 is 12.4 Å². The highest BCUT2D eigenvalue weighted by Gasteiger charge is 2.35. The molecule has 200 valence electrons. The van der Waals surface area contributed by atoms with Crippen molar-refractivity contribution in [3.63, 3.8) is 0 Å². The predicted molar refractivity (Wildman–Crippen MR) is 139 cm³/mol. The van der Waals surface area contributed by atoms with Crippen LogP contribution in [-0.4, -0.2) is 75.0 Å². The van der Waals surface area contributed by atoms with E-state index in [0.29, 0.717) is 30.7 Å². The van der Waals surface area contributed by atoms with Crippen LogP contribution in [0.3, 0.4) is 0 Å². The van der Waals surface area contributed by atoms with Crippen LogP contribution in [0.1, 0.15) is 24.8 Å². The Hall–Kier alpha value is -2.70. The summed E-state index contributed by atoms with van der Waals surface area (Å²) in [6, 6.07) is 13.7. The number of nitrogens with zero attached hydrogens (tertiary/aromatic N) is 2. The second-order valence-corrected chi connectivity index (χ2v) is 10.2. The van der Waals surface area contributed by atoms with Gasteiger partial charge in [-0.15, -0.1) is 12.4 Å². The van der Waals surface area contributed by atoms with Crippen LogP contribution in [0, 0.1) is 0 Å². The first-order chi connectivity index (χ1) is 16.7. The maximum absolute atomic E-state index is 13.6. The molecular weight excluding hydrogens is 508 g/mol. The van der Waals surface area contributed by atoms with Gasteiger partial charge in [0.25, 0.3) is 5.91 Å². The quantitative estimate of drug-likeness (QED) is 0.189. The smallest absolute Gasteiger partial charge is 0.261 e.